The van der Waals surface area contributed by atoms with E-state index >= 15 is 0 Å². The maximum absolute atomic E-state index is 12.7. The van der Waals surface area contributed by atoms with Crippen LogP contribution >= 0.6 is 23.7 Å². The Kier molecular flexibility index (Phi) is 6.16. The third-order valence-electron chi connectivity index (χ3n) is 5.23. The van der Waals surface area contributed by atoms with Gasteiger partial charge in [-0.1, -0.05) is 13.0 Å². The summed E-state index contributed by atoms with van der Waals surface area (Å²) in [6.45, 7) is 4.74. The third-order valence-corrected chi connectivity index (χ3v) is 6.36. The van der Waals surface area contributed by atoms with Crippen molar-refractivity contribution in [2.45, 2.75) is 19.9 Å². The van der Waals surface area contributed by atoms with Gasteiger partial charge >= 0.3 is 6.03 Å². The van der Waals surface area contributed by atoms with Gasteiger partial charge in [0.1, 0.15) is 5.00 Å². The molecular formula is C20H24ClN5O2S. The second-order valence-electron chi connectivity index (χ2n) is 6.94. The highest BCUT2D eigenvalue weighted by atomic mass is 35.5. The lowest BCUT2D eigenvalue weighted by Gasteiger charge is -2.25. The summed E-state index contributed by atoms with van der Waals surface area (Å²) in [6, 6.07) is 7.33. The Morgan fingerprint density at radius 2 is 2.03 bits per heavy atom. The molecule has 0 fully saturated rings. The minimum Gasteiger partial charge on any atom is -0.365 e. The number of carbonyl (C=O) groups is 2. The van der Waals surface area contributed by atoms with Crippen LogP contribution in [-0.2, 0) is 20.0 Å². The molecule has 29 heavy (non-hydrogen) atoms. The van der Waals surface area contributed by atoms with Gasteiger partial charge in [-0.2, -0.15) is 0 Å². The number of nitrogens with one attached hydrogen (secondary N) is 2. The molecule has 0 spiro atoms. The highest BCUT2D eigenvalue weighted by molar-refractivity contribution is 7.17. The molecule has 2 aromatic heterocycles. The highest BCUT2D eigenvalue weighted by Crippen LogP contribution is 2.37. The molecule has 3 amide bonds. The molecule has 1 aliphatic rings. The first kappa shape index (κ1) is 21.2. The Hall–Kier alpha value is -2.55. The molecule has 0 bridgehead atoms. The van der Waals surface area contributed by atoms with E-state index in [1.807, 2.05) is 42.1 Å². The van der Waals surface area contributed by atoms with Crippen LogP contribution < -0.4 is 16.4 Å². The normalized spacial score (nSPS) is 13.6. The van der Waals surface area contributed by atoms with E-state index in [-0.39, 0.29) is 18.4 Å². The second kappa shape index (κ2) is 8.44. The van der Waals surface area contributed by atoms with E-state index in [0.717, 1.165) is 53.1 Å². The Morgan fingerprint density at radius 3 is 2.76 bits per heavy atom. The van der Waals surface area contributed by atoms with Crippen LogP contribution in [0.3, 0.4) is 0 Å². The minimum atomic E-state index is -0.497. The van der Waals surface area contributed by atoms with Crippen LogP contribution in [0, 0.1) is 0 Å². The van der Waals surface area contributed by atoms with Crippen molar-refractivity contribution in [3.05, 3.63) is 46.5 Å². The number of thiophene rings is 1. The number of urea groups is 1. The summed E-state index contributed by atoms with van der Waals surface area (Å²) in [6.07, 6.45) is 2.72. The van der Waals surface area contributed by atoms with Gasteiger partial charge in [0.15, 0.2) is 0 Å². The van der Waals surface area contributed by atoms with Gasteiger partial charge in [-0.05, 0) is 36.7 Å². The molecule has 154 valence electrons. The molecule has 0 saturated heterocycles. The molecule has 0 saturated carbocycles. The van der Waals surface area contributed by atoms with Gasteiger partial charge in [-0.3, -0.25) is 15.0 Å². The monoisotopic (exact) mass is 433 g/mol. The quantitative estimate of drug-likeness (QED) is 0.584. The molecule has 0 radical (unpaired) electrons. The summed E-state index contributed by atoms with van der Waals surface area (Å²) in [7, 11) is 1.96. The number of primary amides is 1. The van der Waals surface area contributed by atoms with Gasteiger partial charge in [0.2, 0.25) is 0 Å². The van der Waals surface area contributed by atoms with Gasteiger partial charge in [-0.25, -0.2) is 4.79 Å². The second-order valence-corrected chi connectivity index (χ2v) is 8.04. The number of aryl methyl sites for hydroxylation is 1. The summed E-state index contributed by atoms with van der Waals surface area (Å²) in [4.78, 5) is 28.1. The standard InChI is InChI=1S/C20H23N5O2S.ClH/c1-3-25-10-8-13-16(11-25)28-19(17(13)18(21)26)23-20(27)22-14-5-4-6-15-12(14)7-9-24(15)2;/h4-7,9H,3,8,10-11H2,1-2H3,(H2,21,26)(H2,22,23,27);1H. The molecule has 4 N–H and O–H groups in total. The Morgan fingerprint density at radius 1 is 1.24 bits per heavy atom. The zero-order chi connectivity index (χ0) is 19.8. The van der Waals surface area contributed by atoms with E-state index in [1.165, 1.54) is 11.3 Å². The fourth-order valence-corrected chi connectivity index (χ4v) is 5.03. The first-order valence-electron chi connectivity index (χ1n) is 9.26. The third kappa shape index (κ3) is 3.96. The summed E-state index contributed by atoms with van der Waals surface area (Å²) in [5, 5.41) is 7.22. The number of rotatable bonds is 4. The van der Waals surface area contributed by atoms with Gasteiger partial charge in [0.05, 0.1) is 11.3 Å². The largest absolute Gasteiger partial charge is 0.365 e. The summed E-state index contributed by atoms with van der Waals surface area (Å²) < 4.78 is 2.00. The molecule has 1 aliphatic heterocycles. The van der Waals surface area contributed by atoms with Gasteiger partial charge in [-0.15, -0.1) is 23.7 Å². The van der Waals surface area contributed by atoms with Crippen molar-refractivity contribution in [2.75, 3.05) is 23.7 Å². The number of anilines is 2. The van der Waals surface area contributed by atoms with Crippen molar-refractivity contribution in [2.24, 2.45) is 12.8 Å². The summed E-state index contributed by atoms with van der Waals surface area (Å²) in [5.74, 6) is -0.497. The first-order chi connectivity index (χ1) is 13.5. The number of nitrogens with zero attached hydrogens (tertiary/aromatic N) is 2. The average molecular weight is 434 g/mol. The van der Waals surface area contributed by atoms with Crippen molar-refractivity contribution in [3.8, 4) is 0 Å². The number of nitrogens with two attached hydrogens (primary N) is 1. The number of halogens is 1. The number of amides is 3. The maximum atomic E-state index is 12.7. The molecule has 3 heterocycles. The van der Waals surface area contributed by atoms with Crippen molar-refractivity contribution < 1.29 is 9.59 Å². The van der Waals surface area contributed by atoms with E-state index < -0.39 is 5.91 Å². The van der Waals surface area contributed by atoms with E-state index in [4.69, 9.17) is 5.73 Å². The Bertz CT molecular complexity index is 1070. The summed E-state index contributed by atoms with van der Waals surface area (Å²) in [5.41, 5.74) is 8.80. The lowest BCUT2D eigenvalue weighted by molar-refractivity contribution is 0.1000. The maximum Gasteiger partial charge on any atom is 0.324 e. The van der Waals surface area contributed by atoms with Crippen LogP contribution in [0.15, 0.2) is 30.5 Å². The van der Waals surface area contributed by atoms with Crippen LogP contribution in [0.25, 0.3) is 10.9 Å². The van der Waals surface area contributed by atoms with Gasteiger partial charge < -0.3 is 15.6 Å². The van der Waals surface area contributed by atoms with Crippen molar-refractivity contribution in [3.63, 3.8) is 0 Å². The number of aromatic nitrogens is 1. The van der Waals surface area contributed by atoms with E-state index in [1.54, 1.807) is 0 Å². The van der Waals surface area contributed by atoms with Gasteiger partial charge in [0, 0.05) is 42.1 Å². The van der Waals surface area contributed by atoms with E-state index in [2.05, 4.69) is 22.5 Å². The van der Waals surface area contributed by atoms with Crippen LogP contribution in [0.1, 0.15) is 27.7 Å². The van der Waals surface area contributed by atoms with E-state index in [9.17, 15) is 9.59 Å². The van der Waals surface area contributed by atoms with Crippen molar-refractivity contribution in [1.82, 2.24) is 9.47 Å². The molecule has 1 aromatic carbocycles. The number of hydrogen-bond donors (Lipinski definition) is 3. The van der Waals surface area contributed by atoms with Crippen molar-refractivity contribution >= 4 is 57.3 Å². The average Bonchev–Trinajstić information content (AvgIpc) is 3.22. The fourth-order valence-electron chi connectivity index (χ4n) is 3.74. The van der Waals surface area contributed by atoms with Crippen LogP contribution in [-0.4, -0.2) is 34.5 Å². The minimum absolute atomic E-state index is 0. The van der Waals surface area contributed by atoms with Crippen LogP contribution in [0.5, 0.6) is 0 Å². The molecule has 3 aromatic rings. The van der Waals surface area contributed by atoms with Crippen LogP contribution in [0.4, 0.5) is 15.5 Å². The lowest BCUT2D eigenvalue weighted by atomic mass is 10.0. The number of likely N-dealkylation sites (N-methyl/N-ethyl adjacent to an activating group) is 1. The first-order valence-corrected chi connectivity index (χ1v) is 10.1. The molecule has 7 nitrogen and oxygen atoms in total. The van der Waals surface area contributed by atoms with Crippen LogP contribution in [0.2, 0.25) is 0 Å². The molecule has 4 rings (SSSR count). The topological polar surface area (TPSA) is 92.4 Å². The number of fused-ring (bicyclic) bond motifs is 2. The number of carbonyl (C=O) groups excluding carboxylic acids is 2. The molecule has 0 atom stereocenters. The van der Waals surface area contributed by atoms with E-state index in [0.29, 0.717) is 10.6 Å². The Labute approximate surface area is 179 Å². The summed E-state index contributed by atoms with van der Waals surface area (Å²) >= 11 is 1.44. The predicted molar refractivity (Wildman–Crippen MR) is 120 cm³/mol. The SMILES string of the molecule is CCN1CCc2c(sc(NC(=O)Nc3cccc4c3ccn4C)c2C(N)=O)C1.Cl. The Balaban J connectivity index is 0.00000240. The molecule has 9 heteroatoms. The highest BCUT2D eigenvalue weighted by Gasteiger charge is 2.27. The predicted octanol–water partition coefficient (Wildman–Crippen LogP) is 3.78. The van der Waals surface area contributed by atoms with Gasteiger partial charge in [0.25, 0.3) is 5.91 Å². The molecule has 0 unspecified atom stereocenters. The molecule has 0 aliphatic carbocycles. The zero-order valence-corrected chi connectivity index (χ0v) is 18.0. The molecular weight excluding hydrogens is 410 g/mol. The fraction of sp³-hybridized carbons (Fsp3) is 0.300. The number of hydrogen-bond acceptors (Lipinski definition) is 4. The lowest BCUT2D eigenvalue weighted by Crippen LogP contribution is -2.30. The van der Waals surface area contributed by atoms with Crippen molar-refractivity contribution in [1.29, 1.82) is 0 Å². The smallest absolute Gasteiger partial charge is 0.324 e. The zero-order valence-electron chi connectivity index (χ0n) is 16.3. The number of benzene rings is 1.